The number of sulfonamides is 1. The summed E-state index contributed by atoms with van der Waals surface area (Å²) in [6.07, 6.45) is -0.0928. The Morgan fingerprint density at radius 3 is 2.33 bits per heavy atom. The van der Waals surface area contributed by atoms with E-state index in [1.165, 1.54) is 0 Å². The van der Waals surface area contributed by atoms with Crippen molar-refractivity contribution in [3.8, 4) is 5.75 Å². The predicted octanol–water partition coefficient (Wildman–Crippen LogP) is 4.13. The van der Waals surface area contributed by atoms with Crippen molar-refractivity contribution in [2.45, 2.75) is 31.9 Å². The van der Waals surface area contributed by atoms with E-state index in [2.05, 4.69) is 4.72 Å². The van der Waals surface area contributed by atoms with Crippen molar-refractivity contribution in [1.29, 1.82) is 0 Å². The topological polar surface area (TPSA) is 92.7 Å². The molecule has 0 aromatic heterocycles. The third-order valence-electron chi connectivity index (χ3n) is 5.04. The average Bonchev–Trinajstić information content (AvgIpc) is 2.73. The van der Waals surface area contributed by atoms with Gasteiger partial charge in [0, 0.05) is 11.8 Å². The summed E-state index contributed by atoms with van der Waals surface area (Å²) < 4.78 is 34.0. The Bertz CT molecular complexity index is 1130. The zero-order valence-corrected chi connectivity index (χ0v) is 17.7. The molecular formula is C23H25NO5S. The zero-order valence-electron chi connectivity index (χ0n) is 16.9. The van der Waals surface area contributed by atoms with Gasteiger partial charge < -0.3 is 9.84 Å². The van der Waals surface area contributed by atoms with Crippen LogP contribution in [0.3, 0.4) is 0 Å². The Labute approximate surface area is 176 Å². The molecule has 0 heterocycles. The minimum atomic E-state index is -3.97. The fraction of sp³-hybridized carbons (Fsp3) is 0.261. The van der Waals surface area contributed by atoms with E-state index in [9.17, 15) is 18.3 Å². The molecule has 158 valence electrons. The molecule has 3 rings (SSSR count). The van der Waals surface area contributed by atoms with E-state index >= 15 is 0 Å². The van der Waals surface area contributed by atoms with Gasteiger partial charge in [-0.25, -0.2) is 13.2 Å². The van der Waals surface area contributed by atoms with Crippen LogP contribution in [0.1, 0.15) is 31.7 Å². The van der Waals surface area contributed by atoms with Crippen molar-refractivity contribution in [3.05, 3.63) is 78.4 Å². The van der Waals surface area contributed by atoms with Crippen molar-refractivity contribution >= 4 is 26.8 Å². The number of rotatable bonds is 9. The summed E-state index contributed by atoms with van der Waals surface area (Å²) in [5.74, 6) is -1.67. The van der Waals surface area contributed by atoms with Gasteiger partial charge in [-0.1, -0.05) is 80.6 Å². The molecule has 0 saturated carbocycles. The molecule has 0 fully saturated rings. The first-order valence-electron chi connectivity index (χ1n) is 9.73. The molecule has 2 atom stereocenters. The van der Waals surface area contributed by atoms with Crippen molar-refractivity contribution in [2.24, 2.45) is 0 Å². The number of carboxylic acids is 1. The van der Waals surface area contributed by atoms with Gasteiger partial charge in [0.15, 0.2) is 0 Å². The number of benzene rings is 3. The number of nitrogens with one attached hydrogen (secondary N) is 1. The highest BCUT2D eigenvalue weighted by Crippen LogP contribution is 2.30. The molecule has 30 heavy (non-hydrogen) atoms. The standard InChI is InChI=1S/C23H25NO5S/c1-3-23(22(25)26,29-21-15-9-13-19-12-7-8-14-20(19)21)24-30(27,28)16-17(2)18-10-5-4-6-11-18/h4-15,17,24H,3,16H2,1-2H3,(H,25,26). The predicted molar refractivity (Wildman–Crippen MR) is 117 cm³/mol. The summed E-state index contributed by atoms with van der Waals surface area (Å²) in [7, 11) is -3.97. The first kappa shape index (κ1) is 21.8. The Morgan fingerprint density at radius 2 is 1.67 bits per heavy atom. The summed E-state index contributed by atoms with van der Waals surface area (Å²) in [6.45, 7) is 3.36. The summed E-state index contributed by atoms with van der Waals surface area (Å²) in [4.78, 5) is 12.2. The second-order valence-corrected chi connectivity index (χ2v) is 9.03. The van der Waals surface area contributed by atoms with Crippen molar-refractivity contribution in [3.63, 3.8) is 0 Å². The molecule has 7 heteroatoms. The minimum Gasteiger partial charge on any atom is -0.477 e. The van der Waals surface area contributed by atoms with Crippen LogP contribution in [0.15, 0.2) is 72.8 Å². The maximum absolute atomic E-state index is 12.9. The second-order valence-electron chi connectivity index (χ2n) is 7.26. The highest BCUT2D eigenvalue weighted by Gasteiger charge is 2.44. The Morgan fingerprint density at radius 1 is 1.03 bits per heavy atom. The van der Waals surface area contributed by atoms with Gasteiger partial charge in [0.05, 0.1) is 5.75 Å². The molecule has 3 aromatic carbocycles. The van der Waals surface area contributed by atoms with Crippen LogP contribution in [0.25, 0.3) is 10.8 Å². The fourth-order valence-corrected chi connectivity index (χ4v) is 5.09. The Hall–Kier alpha value is -2.90. The van der Waals surface area contributed by atoms with Crippen LogP contribution in [0.4, 0.5) is 0 Å². The Balaban J connectivity index is 1.90. The van der Waals surface area contributed by atoms with Crippen LogP contribution in [0.2, 0.25) is 0 Å². The molecule has 2 unspecified atom stereocenters. The molecule has 0 aliphatic carbocycles. The lowest BCUT2D eigenvalue weighted by atomic mass is 10.0. The SMILES string of the molecule is CCC(NS(=O)(=O)CC(C)c1ccccc1)(Oc1cccc2ccccc12)C(=O)O. The maximum Gasteiger partial charge on any atom is 0.364 e. The molecule has 0 spiro atoms. The zero-order chi connectivity index (χ0) is 21.8. The first-order valence-corrected chi connectivity index (χ1v) is 11.4. The smallest absolute Gasteiger partial charge is 0.364 e. The van der Waals surface area contributed by atoms with Gasteiger partial charge >= 0.3 is 5.97 Å². The number of ether oxygens (including phenoxy) is 1. The first-order chi connectivity index (χ1) is 14.3. The van der Waals surface area contributed by atoms with Crippen molar-refractivity contribution in [1.82, 2.24) is 4.72 Å². The van der Waals surface area contributed by atoms with Crippen LogP contribution < -0.4 is 9.46 Å². The quantitative estimate of drug-likeness (QED) is 0.501. The minimum absolute atomic E-state index is 0.0928. The number of fused-ring (bicyclic) bond motifs is 1. The molecule has 0 saturated heterocycles. The molecule has 0 aliphatic rings. The van der Waals surface area contributed by atoms with E-state index in [0.29, 0.717) is 11.1 Å². The van der Waals surface area contributed by atoms with E-state index in [4.69, 9.17) is 4.74 Å². The van der Waals surface area contributed by atoms with E-state index in [-0.39, 0.29) is 18.1 Å². The number of aliphatic carboxylic acids is 1. The lowest BCUT2D eigenvalue weighted by Gasteiger charge is -2.31. The van der Waals surface area contributed by atoms with Crippen LogP contribution in [0, 0.1) is 0 Å². The lowest BCUT2D eigenvalue weighted by molar-refractivity contribution is -0.156. The van der Waals surface area contributed by atoms with Gasteiger partial charge in [0.1, 0.15) is 5.75 Å². The number of hydrogen-bond acceptors (Lipinski definition) is 4. The monoisotopic (exact) mass is 427 g/mol. The average molecular weight is 428 g/mol. The van der Waals surface area contributed by atoms with E-state index in [0.717, 1.165) is 10.9 Å². The van der Waals surface area contributed by atoms with Gasteiger partial charge in [0.2, 0.25) is 10.0 Å². The molecular weight excluding hydrogens is 402 g/mol. The van der Waals surface area contributed by atoms with Gasteiger partial charge in [-0.2, -0.15) is 4.72 Å². The maximum atomic E-state index is 12.9. The van der Waals surface area contributed by atoms with Gasteiger partial charge in [-0.05, 0) is 22.9 Å². The van der Waals surface area contributed by atoms with Crippen LogP contribution in [-0.4, -0.2) is 31.0 Å². The second kappa shape index (κ2) is 8.85. The largest absolute Gasteiger partial charge is 0.477 e. The highest BCUT2D eigenvalue weighted by molar-refractivity contribution is 7.89. The van der Waals surface area contributed by atoms with Crippen molar-refractivity contribution < 1.29 is 23.1 Å². The summed E-state index contributed by atoms with van der Waals surface area (Å²) in [5.41, 5.74) is -1.26. The summed E-state index contributed by atoms with van der Waals surface area (Å²) in [5, 5.41) is 11.5. The van der Waals surface area contributed by atoms with Gasteiger partial charge in [-0.3, -0.25) is 0 Å². The normalized spacial score (nSPS) is 14.7. The third-order valence-corrected chi connectivity index (χ3v) is 6.62. The van der Waals surface area contributed by atoms with Crippen LogP contribution in [-0.2, 0) is 14.8 Å². The molecule has 0 amide bonds. The van der Waals surface area contributed by atoms with Gasteiger partial charge in [-0.15, -0.1) is 0 Å². The van der Waals surface area contributed by atoms with Crippen molar-refractivity contribution in [2.75, 3.05) is 5.75 Å². The molecule has 0 aliphatic heterocycles. The fourth-order valence-electron chi connectivity index (χ4n) is 3.38. The summed E-state index contributed by atoms with van der Waals surface area (Å²) >= 11 is 0. The molecule has 6 nitrogen and oxygen atoms in total. The lowest BCUT2D eigenvalue weighted by Crippen LogP contribution is -2.59. The van der Waals surface area contributed by atoms with E-state index < -0.39 is 21.7 Å². The number of carbonyl (C=O) groups is 1. The van der Waals surface area contributed by atoms with Gasteiger partial charge in [0.25, 0.3) is 5.72 Å². The number of hydrogen-bond donors (Lipinski definition) is 2. The number of carboxylic acid groups (broad SMARTS) is 1. The van der Waals surface area contributed by atoms with E-state index in [1.54, 1.807) is 32.0 Å². The van der Waals surface area contributed by atoms with Crippen LogP contribution in [0.5, 0.6) is 5.75 Å². The molecule has 0 bridgehead atoms. The molecule has 2 N–H and O–H groups in total. The third kappa shape index (κ3) is 4.80. The molecule has 0 radical (unpaired) electrons. The van der Waals surface area contributed by atoms with Crippen LogP contribution >= 0.6 is 0 Å². The van der Waals surface area contributed by atoms with E-state index in [1.807, 2.05) is 54.6 Å². The highest BCUT2D eigenvalue weighted by atomic mass is 32.2. The molecule has 3 aromatic rings. The summed E-state index contributed by atoms with van der Waals surface area (Å²) in [6, 6.07) is 21.8. The Kier molecular flexibility index (Phi) is 6.43.